The third-order valence-electron chi connectivity index (χ3n) is 3.90. The van der Waals surface area contributed by atoms with Crippen molar-refractivity contribution in [3.8, 4) is 0 Å². The molecule has 0 spiro atoms. The van der Waals surface area contributed by atoms with E-state index in [1.807, 2.05) is 25.8 Å². The third kappa shape index (κ3) is 4.42. The summed E-state index contributed by atoms with van der Waals surface area (Å²) in [5.41, 5.74) is -0.430. The summed E-state index contributed by atoms with van der Waals surface area (Å²) in [5, 5.41) is 3.95. The summed E-state index contributed by atoms with van der Waals surface area (Å²) < 4.78 is 5.45. The summed E-state index contributed by atoms with van der Waals surface area (Å²) in [6.45, 7) is 7.95. The number of nitrogens with zero attached hydrogens (tertiary/aromatic N) is 2. The molecule has 2 aliphatic rings. The van der Waals surface area contributed by atoms with Crippen LogP contribution in [0.3, 0.4) is 0 Å². The van der Waals surface area contributed by atoms with Crippen LogP contribution >= 0.6 is 15.9 Å². The maximum atomic E-state index is 12.2. The Labute approximate surface area is 135 Å². The number of hydrogen-bond donors (Lipinski definition) is 0. The number of halogens is 1. The van der Waals surface area contributed by atoms with Crippen LogP contribution in [0.25, 0.3) is 0 Å². The molecule has 0 aromatic rings. The van der Waals surface area contributed by atoms with Crippen LogP contribution in [0.1, 0.15) is 46.5 Å². The van der Waals surface area contributed by atoms with Crippen molar-refractivity contribution in [3.05, 3.63) is 0 Å². The van der Waals surface area contributed by atoms with Crippen molar-refractivity contribution in [3.63, 3.8) is 0 Å². The first-order valence-corrected chi connectivity index (χ1v) is 8.62. The molecule has 0 N–H and O–H groups in total. The van der Waals surface area contributed by atoms with E-state index < -0.39 is 5.60 Å². The molecule has 2 aliphatic heterocycles. The van der Waals surface area contributed by atoms with E-state index in [1.165, 1.54) is 0 Å². The Morgan fingerprint density at radius 3 is 2.38 bits per heavy atom. The number of hydrogen-bond acceptors (Lipinski definition) is 4. The fraction of sp³-hybridized carbons (Fsp3) is 0.867. The monoisotopic (exact) mass is 360 g/mol. The van der Waals surface area contributed by atoms with Gasteiger partial charge in [0.1, 0.15) is 5.60 Å². The van der Waals surface area contributed by atoms with Crippen LogP contribution in [0, 0.1) is 5.92 Å². The Bertz CT molecular complexity index is 400. The molecule has 0 aromatic heterocycles. The van der Waals surface area contributed by atoms with Gasteiger partial charge in [0.2, 0.25) is 0 Å². The highest BCUT2D eigenvalue weighted by atomic mass is 79.9. The van der Waals surface area contributed by atoms with Crippen LogP contribution in [-0.4, -0.2) is 52.0 Å². The molecule has 2 saturated heterocycles. The molecule has 0 radical (unpaired) electrons. The lowest BCUT2D eigenvalue weighted by atomic mass is 9.97. The zero-order valence-corrected chi connectivity index (χ0v) is 14.7. The number of ether oxygens (including phenoxy) is 1. The van der Waals surface area contributed by atoms with Gasteiger partial charge in [0.15, 0.2) is 0 Å². The molecule has 120 valence electrons. The van der Waals surface area contributed by atoms with Crippen LogP contribution in [-0.2, 0) is 14.3 Å². The number of piperidine rings is 2. The summed E-state index contributed by atoms with van der Waals surface area (Å²) in [5.74, 6) is 0.00240. The minimum absolute atomic E-state index is 0.0415. The number of alkyl halides is 1. The highest BCUT2D eigenvalue weighted by molar-refractivity contribution is 9.10. The van der Waals surface area contributed by atoms with E-state index in [1.54, 1.807) is 0 Å². The van der Waals surface area contributed by atoms with E-state index in [9.17, 15) is 9.59 Å². The van der Waals surface area contributed by atoms with Gasteiger partial charge in [-0.3, -0.25) is 14.6 Å². The van der Waals surface area contributed by atoms with Crippen molar-refractivity contribution < 1.29 is 14.3 Å². The van der Waals surface area contributed by atoms with E-state index >= 15 is 0 Å². The van der Waals surface area contributed by atoms with E-state index in [0.717, 1.165) is 45.3 Å². The molecular formula is C15H25BrN2O3. The van der Waals surface area contributed by atoms with Crippen LogP contribution < -0.4 is 0 Å². The minimum Gasteiger partial charge on any atom is -0.460 e. The Kier molecular flexibility index (Phi) is 5.30. The molecule has 1 amide bonds. The lowest BCUT2D eigenvalue weighted by molar-refractivity contribution is -0.166. The second-order valence-electron chi connectivity index (χ2n) is 6.83. The van der Waals surface area contributed by atoms with Gasteiger partial charge in [0.05, 0.1) is 10.7 Å². The fourth-order valence-corrected chi connectivity index (χ4v) is 3.38. The van der Waals surface area contributed by atoms with Crippen molar-refractivity contribution in [2.45, 2.75) is 56.9 Å². The number of hydrazine groups is 1. The number of rotatable bonds is 2. The molecule has 0 saturated carbocycles. The molecule has 1 unspecified atom stereocenters. The quantitative estimate of drug-likeness (QED) is 0.560. The molecule has 5 nitrogen and oxygen atoms in total. The molecule has 1 atom stereocenters. The molecule has 6 heteroatoms. The summed E-state index contributed by atoms with van der Waals surface area (Å²) in [7, 11) is 0. The van der Waals surface area contributed by atoms with Gasteiger partial charge in [0, 0.05) is 19.6 Å². The Hall–Kier alpha value is -0.620. The van der Waals surface area contributed by atoms with Crippen molar-refractivity contribution in [2.75, 3.05) is 19.6 Å². The molecule has 0 aliphatic carbocycles. The fourth-order valence-electron chi connectivity index (χ4n) is 2.82. The van der Waals surface area contributed by atoms with Gasteiger partial charge in [-0.15, -0.1) is 0 Å². The first-order valence-electron chi connectivity index (χ1n) is 7.71. The zero-order chi connectivity index (χ0) is 15.6. The van der Waals surface area contributed by atoms with Crippen molar-refractivity contribution in [1.29, 1.82) is 0 Å². The molecule has 0 bridgehead atoms. The van der Waals surface area contributed by atoms with Gasteiger partial charge in [-0.25, -0.2) is 5.01 Å². The predicted octanol–water partition coefficient (Wildman–Crippen LogP) is 2.34. The van der Waals surface area contributed by atoms with E-state index in [2.05, 4.69) is 20.9 Å². The first-order chi connectivity index (χ1) is 9.78. The first kappa shape index (κ1) is 16.7. The highest BCUT2D eigenvalue weighted by Gasteiger charge is 2.35. The van der Waals surface area contributed by atoms with Gasteiger partial charge in [-0.05, 0) is 46.5 Å². The Morgan fingerprint density at radius 2 is 1.81 bits per heavy atom. The van der Waals surface area contributed by atoms with Crippen LogP contribution in [0.4, 0.5) is 0 Å². The number of carbonyl (C=O) groups is 2. The van der Waals surface area contributed by atoms with E-state index in [-0.39, 0.29) is 22.6 Å². The smallest absolute Gasteiger partial charge is 0.309 e. The predicted molar refractivity (Wildman–Crippen MR) is 83.8 cm³/mol. The SMILES string of the molecule is CC(C)(C)OC(=O)C1CCN(N2CCCC(Br)C2=O)CC1. The molecule has 2 rings (SSSR count). The topological polar surface area (TPSA) is 49.9 Å². The van der Waals surface area contributed by atoms with Gasteiger partial charge in [-0.2, -0.15) is 0 Å². The molecule has 2 heterocycles. The molecule has 0 aromatic carbocycles. The Morgan fingerprint density at radius 1 is 1.19 bits per heavy atom. The molecule has 2 fully saturated rings. The summed E-state index contributed by atoms with van der Waals surface area (Å²) in [6, 6.07) is 0. The number of amides is 1. The zero-order valence-electron chi connectivity index (χ0n) is 13.1. The summed E-state index contributed by atoms with van der Waals surface area (Å²) >= 11 is 3.44. The van der Waals surface area contributed by atoms with Gasteiger partial charge < -0.3 is 4.74 Å². The minimum atomic E-state index is -0.430. The van der Waals surface area contributed by atoms with Gasteiger partial charge in [-0.1, -0.05) is 15.9 Å². The second kappa shape index (κ2) is 6.65. The van der Waals surface area contributed by atoms with Gasteiger partial charge >= 0.3 is 5.97 Å². The lowest BCUT2D eigenvalue weighted by Crippen LogP contribution is -2.55. The van der Waals surface area contributed by atoms with Gasteiger partial charge in [0.25, 0.3) is 5.91 Å². The average molecular weight is 361 g/mol. The second-order valence-corrected chi connectivity index (χ2v) is 7.94. The number of esters is 1. The normalized spacial score (nSPS) is 26.0. The molecule has 21 heavy (non-hydrogen) atoms. The number of carbonyl (C=O) groups excluding carboxylic acids is 2. The Balaban J connectivity index is 1.85. The maximum Gasteiger partial charge on any atom is 0.309 e. The summed E-state index contributed by atoms with van der Waals surface area (Å²) in [6.07, 6.45) is 3.44. The van der Waals surface area contributed by atoms with Crippen molar-refractivity contribution in [2.24, 2.45) is 5.92 Å². The van der Waals surface area contributed by atoms with Crippen molar-refractivity contribution in [1.82, 2.24) is 10.0 Å². The van der Waals surface area contributed by atoms with Crippen LogP contribution in [0.15, 0.2) is 0 Å². The average Bonchev–Trinajstić information content (AvgIpc) is 2.40. The standard InChI is InChI=1S/C15H25BrN2O3/c1-15(2,3)21-14(20)11-6-9-17(10-7-11)18-8-4-5-12(16)13(18)19/h11-12H,4-10H2,1-3H3. The largest absolute Gasteiger partial charge is 0.460 e. The summed E-state index contributed by atoms with van der Waals surface area (Å²) in [4.78, 5) is 24.2. The third-order valence-corrected chi connectivity index (χ3v) is 4.75. The van der Waals surface area contributed by atoms with Crippen LogP contribution in [0.5, 0.6) is 0 Å². The highest BCUT2D eigenvalue weighted by Crippen LogP contribution is 2.26. The maximum absolute atomic E-state index is 12.2. The van der Waals surface area contributed by atoms with E-state index in [0.29, 0.717) is 0 Å². The lowest BCUT2D eigenvalue weighted by Gasteiger charge is -2.42. The van der Waals surface area contributed by atoms with Crippen LogP contribution in [0.2, 0.25) is 0 Å². The van der Waals surface area contributed by atoms with Crippen molar-refractivity contribution >= 4 is 27.8 Å². The van der Waals surface area contributed by atoms with E-state index in [4.69, 9.17) is 4.74 Å². The molecular weight excluding hydrogens is 336 g/mol.